The third kappa shape index (κ3) is 5.01. The Morgan fingerprint density at radius 2 is 1.89 bits per heavy atom. The van der Waals surface area contributed by atoms with Crippen LogP contribution in [0.25, 0.3) is 0 Å². The van der Waals surface area contributed by atoms with Crippen molar-refractivity contribution in [3.8, 4) is 0 Å². The minimum atomic E-state index is -0.510. The lowest BCUT2D eigenvalue weighted by Gasteiger charge is -2.34. The molecule has 0 atom stereocenters. The molecule has 0 saturated carbocycles. The van der Waals surface area contributed by atoms with Gasteiger partial charge in [-0.1, -0.05) is 42.0 Å². The van der Waals surface area contributed by atoms with Crippen LogP contribution in [0.15, 0.2) is 24.3 Å². The summed E-state index contributed by atoms with van der Waals surface area (Å²) in [6.07, 6.45) is 0.391. The van der Waals surface area contributed by atoms with Crippen LogP contribution >= 0.6 is 22.9 Å². The van der Waals surface area contributed by atoms with Gasteiger partial charge in [0.25, 0.3) is 0 Å². The average molecular weight is 423 g/mol. The van der Waals surface area contributed by atoms with Crippen LogP contribution in [0.5, 0.6) is 0 Å². The van der Waals surface area contributed by atoms with Gasteiger partial charge < -0.3 is 19.9 Å². The molecule has 0 radical (unpaired) electrons. The number of nitrogens with zero attached hydrogens (tertiary/aromatic N) is 3. The number of esters is 1. The second-order valence-electron chi connectivity index (χ2n) is 6.44. The van der Waals surface area contributed by atoms with E-state index in [-0.39, 0.29) is 15.9 Å². The number of likely N-dealkylation sites (N-methyl/N-ethyl adjacent to an activating group) is 1. The molecule has 1 amide bonds. The van der Waals surface area contributed by atoms with E-state index < -0.39 is 5.97 Å². The highest BCUT2D eigenvalue weighted by Gasteiger charge is 2.20. The fourth-order valence-corrected chi connectivity index (χ4v) is 4.13. The number of amides is 1. The number of halogens is 1. The van der Waals surface area contributed by atoms with Gasteiger partial charge >= 0.3 is 5.97 Å². The Morgan fingerprint density at radius 1 is 1.21 bits per heavy atom. The zero-order chi connectivity index (χ0) is 20.1. The summed E-state index contributed by atoms with van der Waals surface area (Å²) >= 11 is 7.10. The molecule has 1 fully saturated rings. The Labute approximate surface area is 173 Å². The lowest BCUT2D eigenvalue weighted by Crippen LogP contribution is -2.48. The van der Waals surface area contributed by atoms with Crippen molar-refractivity contribution in [1.82, 2.24) is 14.8 Å². The van der Waals surface area contributed by atoms with Crippen molar-refractivity contribution in [2.45, 2.75) is 13.3 Å². The SMILES string of the molecule is CCN1CCN(C(=O)Cc2ccc(Nc3nc(Cl)c(C(=O)OC)s3)cc2)CC1. The van der Waals surface area contributed by atoms with Gasteiger partial charge in [-0.2, -0.15) is 0 Å². The van der Waals surface area contributed by atoms with Crippen molar-refractivity contribution >= 4 is 45.6 Å². The Balaban J connectivity index is 1.56. The van der Waals surface area contributed by atoms with Crippen LogP contribution in [0.4, 0.5) is 10.8 Å². The molecular weight excluding hydrogens is 400 g/mol. The largest absolute Gasteiger partial charge is 0.465 e. The first kappa shape index (κ1) is 20.6. The van der Waals surface area contributed by atoms with Crippen LogP contribution in [-0.2, 0) is 16.0 Å². The molecule has 2 aromatic rings. The summed E-state index contributed by atoms with van der Waals surface area (Å²) in [4.78, 5) is 32.8. The lowest BCUT2D eigenvalue weighted by molar-refractivity contribution is -0.132. The van der Waals surface area contributed by atoms with Gasteiger partial charge in [0.2, 0.25) is 5.91 Å². The molecule has 0 spiro atoms. The summed E-state index contributed by atoms with van der Waals surface area (Å²) in [5.74, 6) is -0.352. The molecule has 2 heterocycles. The second kappa shape index (κ2) is 9.36. The van der Waals surface area contributed by atoms with Crippen molar-refractivity contribution < 1.29 is 14.3 Å². The van der Waals surface area contributed by atoms with Gasteiger partial charge in [0.05, 0.1) is 13.5 Å². The van der Waals surface area contributed by atoms with E-state index in [4.69, 9.17) is 11.6 Å². The molecule has 0 unspecified atom stereocenters. The number of methoxy groups -OCH3 is 1. The van der Waals surface area contributed by atoms with Crippen LogP contribution in [0, 0.1) is 0 Å². The normalized spacial score (nSPS) is 14.8. The number of hydrogen-bond donors (Lipinski definition) is 1. The highest BCUT2D eigenvalue weighted by molar-refractivity contribution is 7.18. The third-order valence-electron chi connectivity index (χ3n) is 4.69. The average Bonchev–Trinajstić information content (AvgIpc) is 3.09. The topological polar surface area (TPSA) is 74.8 Å². The van der Waals surface area contributed by atoms with Gasteiger partial charge in [0.15, 0.2) is 15.2 Å². The quantitative estimate of drug-likeness (QED) is 0.721. The summed E-state index contributed by atoms with van der Waals surface area (Å²) in [5.41, 5.74) is 1.76. The van der Waals surface area contributed by atoms with Crippen LogP contribution in [0.2, 0.25) is 5.15 Å². The molecule has 1 aliphatic rings. The molecular formula is C19H23ClN4O3S. The van der Waals surface area contributed by atoms with Crippen LogP contribution in [-0.4, -0.2) is 66.5 Å². The summed E-state index contributed by atoms with van der Waals surface area (Å²) < 4.78 is 4.68. The number of anilines is 2. The first-order valence-electron chi connectivity index (χ1n) is 9.11. The Kier molecular flexibility index (Phi) is 6.88. The smallest absolute Gasteiger partial charge is 0.351 e. The molecule has 1 aliphatic heterocycles. The van der Waals surface area contributed by atoms with E-state index in [0.717, 1.165) is 55.3 Å². The number of piperazine rings is 1. The molecule has 28 heavy (non-hydrogen) atoms. The monoisotopic (exact) mass is 422 g/mol. The van der Waals surface area contributed by atoms with Gasteiger partial charge in [-0.3, -0.25) is 4.79 Å². The van der Waals surface area contributed by atoms with E-state index >= 15 is 0 Å². The summed E-state index contributed by atoms with van der Waals surface area (Å²) in [7, 11) is 1.30. The number of benzene rings is 1. The molecule has 1 aromatic heterocycles. The number of nitrogens with one attached hydrogen (secondary N) is 1. The molecule has 0 bridgehead atoms. The lowest BCUT2D eigenvalue weighted by atomic mass is 10.1. The number of thiazole rings is 1. The number of carbonyl (C=O) groups is 2. The predicted octanol–water partition coefficient (Wildman–Crippen LogP) is 3.03. The van der Waals surface area contributed by atoms with E-state index in [2.05, 4.69) is 26.9 Å². The molecule has 1 saturated heterocycles. The summed E-state index contributed by atoms with van der Waals surface area (Å²) in [6.45, 7) is 6.63. The number of aromatic nitrogens is 1. The Morgan fingerprint density at radius 3 is 2.50 bits per heavy atom. The standard InChI is InChI=1S/C19H23ClN4O3S/c1-3-23-8-10-24(11-9-23)15(25)12-13-4-6-14(7-5-13)21-19-22-17(20)16(28-19)18(26)27-2/h4-7H,3,8-12H2,1-2H3,(H,21,22). The van der Waals surface area contributed by atoms with Crippen LogP contribution in [0.3, 0.4) is 0 Å². The maximum absolute atomic E-state index is 12.5. The summed E-state index contributed by atoms with van der Waals surface area (Å²) in [6, 6.07) is 7.59. The molecule has 7 nitrogen and oxygen atoms in total. The molecule has 150 valence electrons. The van der Waals surface area contributed by atoms with E-state index in [1.165, 1.54) is 7.11 Å². The van der Waals surface area contributed by atoms with E-state index in [0.29, 0.717) is 11.6 Å². The first-order chi connectivity index (χ1) is 13.5. The first-order valence-corrected chi connectivity index (χ1v) is 10.3. The van der Waals surface area contributed by atoms with Crippen LogP contribution < -0.4 is 5.32 Å². The van der Waals surface area contributed by atoms with Gasteiger partial charge in [-0.25, -0.2) is 9.78 Å². The number of carbonyl (C=O) groups excluding carboxylic acids is 2. The highest BCUT2D eigenvalue weighted by atomic mass is 35.5. The fraction of sp³-hybridized carbons (Fsp3) is 0.421. The maximum atomic E-state index is 12.5. The Hall–Kier alpha value is -2.16. The predicted molar refractivity (Wildman–Crippen MR) is 111 cm³/mol. The van der Waals surface area contributed by atoms with Gasteiger partial charge in [0, 0.05) is 31.9 Å². The molecule has 1 aromatic carbocycles. The zero-order valence-corrected chi connectivity index (χ0v) is 17.5. The molecule has 1 N–H and O–H groups in total. The van der Waals surface area contributed by atoms with Gasteiger partial charge in [0.1, 0.15) is 0 Å². The van der Waals surface area contributed by atoms with E-state index in [1.54, 1.807) is 0 Å². The molecule has 0 aliphatic carbocycles. The Bertz CT molecular complexity index is 832. The minimum Gasteiger partial charge on any atom is -0.465 e. The number of hydrogen-bond acceptors (Lipinski definition) is 7. The summed E-state index contributed by atoms with van der Waals surface area (Å²) in [5, 5.41) is 3.73. The number of rotatable bonds is 6. The van der Waals surface area contributed by atoms with E-state index in [1.807, 2.05) is 29.2 Å². The van der Waals surface area contributed by atoms with Crippen molar-refractivity contribution in [2.75, 3.05) is 45.2 Å². The second-order valence-corrected chi connectivity index (χ2v) is 7.80. The fourth-order valence-electron chi connectivity index (χ4n) is 3.00. The van der Waals surface area contributed by atoms with Crippen molar-refractivity contribution in [3.63, 3.8) is 0 Å². The van der Waals surface area contributed by atoms with Crippen LogP contribution in [0.1, 0.15) is 22.2 Å². The van der Waals surface area contributed by atoms with Gasteiger partial charge in [-0.15, -0.1) is 0 Å². The van der Waals surface area contributed by atoms with Crippen molar-refractivity contribution in [3.05, 3.63) is 39.9 Å². The highest BCUT2D eigenvalue weighted by Crippen LogP contribution is 2.29. The third-order valence-corrected chi connectivity index (χ3v) is 6.03. The van der Waals surface area contributed by atoms with Crippen molar-refractivity contribution in [1.29, 1.82) is 0 Å². The maximum Gasteiger partial charge on any atom is 0.351 e. The van der Waals surface area contributed by atoms with E-state index in [9.17, 15) is 9.59 Å². The zero-order valence-electron chi connectivity index (χ0n) is 15.9. The number of ether oxygens (including phenoxy) is 1. The molecule has 9 heteroatoms. The van der Waals surface area contributed by atoms with Crippen molar-refractivity contribution in [2.24, 2.45) is 0 Å². The minimum absolute atomic E-state index is 0.115. The molecule has 3 rings (SSSR count). The van der Waals surface area contributed by atoms with Gasteiger partial charge in [-0.05, 0) is 24.2 Å².